The summed E-state index contributed by atoms with van der Waals surface area (Å²) in [5.41, 5.74) is 0. The van der Waals surface area contributed by atoms with Crippen molar-refractivity contribution in [3.63, 3.8) is 0 Å². The van der Waals surface area contributed by atoms with Crippen molar-refractivity contribution < 1.29 is 4.74 Å². The van der Waals surface area contributed by atoms with Crippen molar-refractivity contribution in [2.45, 2.75) is 53.9 Å². The Morgan fingerprint density at radius 3 is 2.29 bits per heavy atom. The summed E-state index contributed by atoms with van der Waals surface area (Å²) in [7, 11) is 0. The zero-order chi connectivity index (χ0) is 11.0. The lowest BCUT2D eigenvalue weighted by molar-refractivity contribution is 0.164. The Morgan fingerprint density at radius 1 is 1.29 bits per heavy atom. The smallest absolute Gasteiger partial charge is 0.0497 e. The van der Waals surface area contributed by atoms with Crippen LogP contribution in [0.5, 0.6) is 0 Å². The molecule has 0 amide bonds. The summed E-state index contributed by atoms with van der Waals surface area (Å²) < 4.78 is 5.42. The molecule has 0 aromatic heterocycles. The quantitative estimate of drug-likeness (QED) is 0.663. The van der Waals surface area contributed by atoms with Crippen molar-refractivity contribution in [2.24, 2.45) is 17.8 Å². The third-order valence-corrected chi connectivity index (χ3v) is 2.93. The van der Waals surface area contributed by atoms with Gasteiger partial charge in [0.05, 0.1) is 0 Å². The van der Waals surface area contributed by atoms with Gasteiger partial charge < -0.3 is 4.74 Å². The van der Waals surface area contributed by atoms with Crippen LogP contribution >= 0.6 is 0 Å². The molecule has 0 radical (unpaired) electrons. The van der Waals surface area contributed by atoms with Gasteiger partial charge in [-0.05, 0) is 30.6 Å². The van der Waals surface area contributed by atoms with E-state index in [9.17, 15) is 0 Å². The van der Waals surface area contributed by atoms with Crippen LogP contribution in [0.15, 0.2) is 0 Å². The molecule has 1 heteroatoms. The van der Waals surface area contributed by atoms with Crippen LogP contribution in [0.4, 0.5) is 0 Å². The lowest BCUT2D eigenvalue weighted by Crippen LogP contribution is -2.16. The van der Waals surface area contributed by atoms with Crippen LogP contribution < -0.4 is 0 Å². The number of rotatable bonds is 4. The molecule has 0 spiro atoms. The highest BCUT2D eigenvalue weighted by Gasteiger charge is 2.24. The van der Waals surface area contributed by atoms with Gasteiger partial charge in [0.2, 0.25) is 0 Å². The summed E-state index contributed by atoms with van der Waals surface area (Å²) in [6.07, 6.45) is 4.00. The second-order valence-electron chi connectivity index (χ2n) is 4.42. The first kappa shape index (κ1) is 14.0. The second kappa shape index (κ2) is 8.28. The molecular formula is C13H28O. The second-order valence-corrected chi connectivity index (χ2v) is 4.42. The van der Waals surface area contributed by atoms with Crippen molar-refractivity contribution >= 4 is 0 Å². The first-order valence-corrected chi connectivity index (χ1v) is 6.31. The molecule has 0 saturated carbocycles. The fourth-order valence-corrected chi connectivity index (χ4v) is 2.22. The summed E-state index contributed by atoms with van der Waals surface area (Å²) in [5.74, 6) is 2.61. The molecule has 2 atom stereocenters. The zero-order valence-electron chi connectivity index (χ0n) is 10.7. The third kappa shape index (κ3) is 4.99. The summed E-state index contributed by atoms with van der Waals surface area (Å²) >= 11 is 0. The molecule has 1 aliphatic heterocycles. The van der Waals surface area contributed by atoms with Crippen LogP contribution in [0.2, 0.25) is 0 Å². The normalized spacial score (nSPS) is 23.1. The standard InChI is InChI=1S/C11H22O.C2H6/c1-4-10(7-9(2)3)11-5-6-12-8-11;1-2/h9-11H,4-8H2,1-3H3;1-2H3. The molecule has 1 nitrogen and oxygen atoms in total. The first-order chi connectivity index (χ1) is 6.74. The number of ether oxygens (including phenoxy) is 1. The van der Waals surface area contributed by atoms with Gasteiger partial charge in [0.15, 0.2) is 0 Å². The molecular weight excluding hydrogens is 172 g/mol. The SMILES string of the molecule is CC.CCC(CC(C)C)C1CCOC1. The lowest BCUT2D eigenvalue weighted by atomic mass is 9.83. The Balaban J connectivity index is 0.000000791. The Hall–Kier alpha value is -0.0400. The van der Waals surface area contributed by atoms with E-state index in [2.05, 4.69) is 20.8 Å². The van der Waals surface area contributed by atoms with E-state index in [0.717, 1.165) is 31.0 Å². The molecule has 0 aliphatic carbocycles. The highest BCUT2D eigenvalue weighted by molar-refractivity contribution is 4.73. The van der Waals surface area contributed by atoms with Gasteiger partial charge in [0, 0.05) is 13.2 Å². The van der Waals surface area contributed by atoms with E-state index in [1.165, 1.54) is 19.3 Å². The third-order valence-electron chi connectivity index (χ3n) is 2.93. The van der Waals surface area contributed by atoms with Gasteiger partial charge >= 0.3 is 0 Å². The lowest BCUT2D eigenvalue weighted by Gasteiger charge is -2.22. The monoisotopic (exact) mass is 200 g/mol. The van der Waals surface area contributed by atoms with Gasteiger partial charge in [0.1, 0.15) is 0 Å². The summed E-state index contributed by atoms with van der Waals surface area (Å²) in [4.78, 5) is 0. The highest BCUT2D eigenvalue weighted by atomic mass is 16.5. The van der Waals surface area contributed by atoms with Gasteiger partial charge in [-0.25, -0.2) is 0 Å². The van der Waals surface area contributed by atoms with E-state index in [0.29, 0.717) is 0 Å². The summed E-state index contributed by atoms with van der Waals surface area (Å²) in [6, 6.07) is 0. The Kier molecular flexibility index (Phi) is 8.26. The highest BCUT2D eigenvalue weighted by Crippen LogP contribution is 2.29. The fourth-order valence-electron chi connectivity index (χ4n) is 2.22. The zero-order valence-corrected chi connectivity index (χ0v) is 10.7. The Morgan fingerprint density at radius 2 is 1.93 bits per heavy atom. The van der Waals surface area contributed by atoms with Crippen LogP contribution in [0, 0.1) is 17.8 Å². The number of hydrogen-bond donors (Lipinski definition) is 0. The number of hydrogen-bond acceptors (Lipinski definition) is 1. The molecule has 0 N–H and O–H groups in total. The van der Waals surface area contributed by atoms with Crippen molar-refractivity contribution in [3.05, 3.63) is 0 Å². The minimum absolute atomic E-state index is 0.843. The van der Waals surface area contributed by atoms with Gasteiger partial charge in [-0.3, -0.25) is 0 Å². The average Bonchev–Trinajstić information content (AvgIpc) is 2.70. The summed E-state index contributed by atoms with van der Waals surface area (Å²) in [5, 5.41) is 0. The maximum absolute atomic E-state index is 5.42. The van der Waals surface area contributed by atoms with Crippen LogP contribution in [0.25, 0.3) is 0 Å². The molecule has 1 saturated heterocycles. The maximum Gasteiger partial charge on any atom is 0.0497 e. The van der Waals surface area contributed by atoms with Gasteiger partial charge in [-0.15, -0.1) is 0 Å². The molecule has 14 heavy (non-hydrogen) atoms. The maximum atomic E-state index is 5.42. The molecule has 0 aromatic carbocycles. The van der Waals surface area contributed by atoms with Gasteiger partial charge in [-0.2, -0.15) is 0 Å². The van der Waals surface area contributed by atoms with Crippen molar-refractivity contribution in [1.82, 2.24) is 0 Å². The minimum atomic E-state index is 0.843. The molecule has 2 unspecified atom stereocenters. The van der Waals surface area contributed by atoms with E-state index in [1.807, 2.05) is 13.8 Å². The molecule has 1 fully saturated rings. The predicted molar refractivity (Wildman–Crippen MR) is 63.5 cm³/mol. The van der Waals surface area contributed by atoms with Crippen molar-refractivity contribution in [3.8, 4) is 0 Å². The van der Waals surface area contributed by atoms with E-state index in [-0.39, 0.29) is 0 Å². The van der Waals surface area contributed by atoms with E-state index in [1.54, 1.807) is 0 Å². The van der Waals surface area contributed by atoms with Crippen LogP contribution in [0.1, 0.15) is 53.9 Å². The Labute approximate surface area is 90.2 Å². The average molecular weight is 200 g/mol. The fraction of sp³-hybridized carbons (Fsp3) is 1.00. The molecule has 86 valence electrons. The van der Waals surface area contributed by atoms with Crippen LogP contribution in [-0.2, 0) is 4.74 Å². The van der Waals surface area contributed by atoms with Crippen LogP contribution in [-0.4, -0.2) is 13.2 Å². The van der Waals surface area contributed by atoms with Gasteiger partial charge in [0.25, 0.3) is 0 Å². The van der Waals surface area contributed by atoms with E-state index >= 15 is 0 Å². The predicted octanol–water partition coefficient (Wildman–Crippen LogP) is 4.12. The van der Waals surface area contributed by atoms with Crippen LogP contribution in [0.3, 0.4) is 0 Å². The summed E-state index contributed by atoms with van der Waals surface area (Å²) in [6.45, 7) is 13.0. The van der Waals surface area contributed by atoms with E-state index < -0.39 is 0 Å². The van der Waals surface area contributed by atoms with Crippen molar-refractivity contribution in [1.29, 1.82) is 0 Å². The Bertz CT molecular complexity index is 114. The molecule has 1 heterocycles. The van der Waals surface area contributed by atoms with Crippen molar-refractivity contribution in [2.75, 3.05) is 13.2 Å². The van der Waals surface area contributed by atoms with E-state index in [4.69, 9.17) is 4.74 Å². The molecule has 0 bridgehead atoms. The topological polar surface area (TPSA) is 9.23 Å². The minimum Gasteiger partial charge on any atom is -0.381 e. The largest absolute Gasteiger partial charge is 0.381 e. The van der Waals surface area contributed by atoms with Gasteiger partial charge in [-0.1, -0.05) is 41.0 Å². The molecule has 1 rings (SSSR count). The first-order valence-electron chi connectivity index (χ1n) is 6.31. The molecule has 0 aromatic rings. The molecule has 1 aliphatic rings.